The van der Waals surface area contributed by atoms with Crippen molar-refractivity contribution >= 4 is 12.0 Å². The lowest BCUT2D eigenvalue weighted by molar-refractivity contribution is -0.146. The lowest BCUT2D eigenvalue weighted by atomic mass is 9.75. The van der Waals surface area contributed by atoms with Gasteiger partial charge in [0.2, 0.25) is 0 Å². The Labute approximate surface area is 89.0 Å². The highest BCUT2D eigenvalue weighted by molar-refractivity contribution is 5.85. The standard InChI is InChI=1S/C10H18N2O3/c1-2-7-3-5-10(6-4-7,8(13)14)12-9(11)15/h7H,2-6H2,1H3,(H,13,14)(H3,11,12,15). The van der Waals surface area contributed by atoms with Crippen LogP contribution in [0.25, 0.3) is 0 Å². The first kappa shape index (κ1) is 11.8. The van der Waals surface area contributed by atoms with E-state index in [9.17, 15) is 9.59 Å². The van der Waals surface area contributed by atoms with Gasteiger partial charge in [-0.2, -0.15) is 0 Å². The van der Waals surface area contributed by atoms with Crippen LogP contribution in [0.4, 0.5) is 4.79 Å². The number of urea groups is 1. The maximum absolute atomic E-state index is 11.1. The number of hydrogen-bond acceptors (Lipinski definition) is 2. The second kappa shape index (κ2) is 4.51. The van der Waals surface area contributed by atoms with Gasteiger partial charge in [-0.05, 0) is 31.6 Å². The molecular formula is C10H18N2O3. The Morgan fingerprint density at radius 1 is 1.47 bits per heavy atom. The molecule has 0 aromatic heterocycles. The highest BCUT2D eigenvalue weighted by Gasteiger charge is 2.42. The minimum atomic E-state index is -1.13. The van der Waals surface area contributed by atoms with Crippen molar-refractivity contribution in [3.63, 3.8) is 0 Å². The van der Waals surface area contributed by atoms with Gasteiger partial charge in [0.25, 0.3) is 0 Å². The zero-order valence-electron chi connectivity index (χ0n) is 8.95. The lowest BCUT2D eigenvalue weighted by Gasteiger charge is -2.36. The molecule has 1 fully saturated rings. The Kier molecular flexibility index (Phi) is 3.55. The third kappa shape index (κ3) is 2.61. The van der Waals surface area contributed by atoms with E-state index in [1.54, 1.807) is 0 Å². The Morgan fingerprint density at radius 2 is 2.00 bits per heavy atom. The number of carboxylic acids is 1. The molecule has 1 saturated carbocycles. The zero-order valence-corrected chi connectivity index (χ0v) is 8.95. The molecule has 0 radical (unpaired) electrons. The van der Waals surface area contributed by atoms with E-state index in [0.717, 1.165) is 19.3 Å². The van der Waals surface area contributed by atoms with Crippen molar-refractivity contribution < 1.29 is 14.7 Å². The van der Waals surface area contributed by atoms with E-state index in [4.69, 9.17) is 10.8 Å². The number of aliphatic carboxylic acids is 1. The Balaban J connectivity index is 2.69. The van der Waals surface area contributed by atoms with E-state index in [2.05, 4.69) is 12.2 Å². The summed E-state index contributed by atoms with van der Waals surface area (Å²) >= 11 is 0. The van der Waals surface area contributed by atoms with Crippen molar-refractivity contribution in [1.82, 2.24) is 5.32 Å². The van der Waals surface area contributed by atoms with Crippen LogP contribution >= 0.6 is 0 Å². The van der Waals surface area contributed by atoms with Crippen molar-refractivity contribution in [2.75, 3.05) is 0 Å². The van der Waals surface area contributed by atoms with E-state index in [1.807, 2.05) is 0 Å². The molecule has 0 unspecified atom stereocenters. The van der Waals surface area contributed by atoms with Crippen LogP contribution in [0.1, 0.15) is 39.0 Å². The van der Waals surface area contributed by atoms with E-state index in [1.165, 1.54) is 0 Å². The summed E-state index contributed by atoms with van der Waals surface area (Å²) in [7, 11) is 0. The van der Waals surface area contributed by atoms with Crippen molar-refractivity contribution in [3.8, 4) is 0 Å². The molecule has 86 valence electrons. The van der Waals surface area contributed by atoms with Crippen LogP contribution in [-0.2, 0) is 4.79 Å². The van der Waals surface area contributed by atoms with E-state index in [0.29, 0.717) is 18.8 Å². The van der Waals surface area contributed by atoms with Gasteiger partial charge in [-0.3, -0.25) is 0 Å². The van der Waals surface area contributed by atoms with Crippen LogP contribution < -0.4 is 11.1 Å². The van der Waals surface area contributed by atoms with Crippen molar-refractivity contribution in [1.29, 1.82) is 0 Å². The quantitative estimate of drug-likeness (QED) is 0.656. The van der Waals surface area contributed by atoms with Crippen LogP contribution in [0.15, 0.2) is 0 Å². The molecule has 0 heterocycles. The molecule has 0 aromatic carbocycles. The molecule has 1 rings (SSSR count). The summed E-state index contributed by atoms with van der Waals surface area (Å²) in [5.41, 5.74) is 3.87. The fraction of sp³-hybridized carbons (Fsp3) is 0.800. The minimum absolute atomic E-state index is 0.476. The SMILES string of the molecule is CCC1CCC(NC(N)=O)(C(=O)O)CC1. The highest BCUT2D eigenvalue weighted by atomic mass is 16.4. The van der Waals surface area contributed by atoms with E-state index < -0.39 is 17.5 Å². The predicted molar refractivity (Wildman–Crippen MR) is 55.3 cm³/mol. The summed E-state index contributed by atoms with van der Waals surface area (Å²) < 4.78 is 0. The summed E-state index contributed by atoms with van der Waals surface area (Å²) in [6.45, 7) is 2.10. The largest absolute Gasteiger partial charge is 0.480 e. The molecule has 0 atom stereocenters. The molecule has 0 bridgehead atoms. The average molecular weight is 214 g/mol. The van der Waals surface area contributed by atoms with Gasteiger partial charge in [0.1, 0.15) is 5.54 Å². The number of carbonyl (C=O) groups is 2. The minimum Gasteiger partial charge on any atom is -0.480 e. The number of nitrogens with one attached hydrogen (secondary N) is 1. The van der Waals surface area contributed by atoms with Crippen LogP contribution in [0.3, 0.4) is 0 Å². The smallest absolute Gasteiger partial charge is 0.329 e. The first-order valence-electron chi connectivity index (χ1n) is 5.31. The third-order valence-electron chi connectivity index (χ3n) is 3.31. The van der Waals surface area contributed by atoms with Crippen LogP contribution in [0.2, 0.25) is 0 Å². The molecule has 1 aliphatic rings. The van der Waals surface area contributed by atoms with E-state index in [-0.39, 0.29) is 0 Å². The van der Waals surface area contributed by atoms with Gasteiger partial charge in [-0.1, -0.05) is 13.3 Å². The summed E-state index contributed by atoms with van der Waals surface area (Å²) in [5, 5.41) is 11.5. The average Bonchev–Trinajstić information content (AvgIpc) is 2.17. The Bertz CT molecular complexity index is 257. The van der Waals surface area contributed by atoms with Gasteiger partial charge in [-0.25, -0.2) is 9.59 Å². The second-order valence-electron chi connectivity index (χ2n) is 4.23. The molecule has 5 heteroatoms. The number of carboxylic acid groups (broad SMARTS) is 1. The topological polar surface area (TPSA) is 92.4 Å². The Hall–Kier alpha value is -1.26. The first-order chi connectivity index (χ1) is 7.00. The van der Waals surface area contributed by atoms with Gasteiger partial charge in [0.05, 0.1) is 0 Å². The van der Waals surface area contributed by atoms with Gasteiger partial charge in [0.15, 0.2) is 0 Å². The van der Waals surface area contributed by atoms with Crippen LogP contribution in [0, 0.1) is 5.92 Å². The molecule has 2 amide bonds. The molecule has 15 heavy (non-hydrogen) atoms. The molecule has 0 saturated heterocycles. The molecule has 0 aromatic rings. The van der Waals surface area contributed by atoms with Crippen molar-refractivity contribution in [3.05, 3.63) is 0 Å². The normalized spacial score (nSPS) is 30.9. The van der Waals surface area contributed by atoms with Gasteiger partial charge >= 0.3 is 12.0 Å². The molecule has 1 aliphatic carbocycles. The van der Waals surface area contributed by atoms with Crippen LogP contribution in [0.5, 0.6) is 0 Å². The van der Waals surface area contributed by atoms with E-state index >= 15 is 0 Å². The number of nitrogens with two attached hydrogens (primary N) is 1. The third-order valence-corrected chi connectivity index (χ3v) is 3.31. The number of carbonyl (C=O) groups excluding carboxylic acids is 1. The summed E-state index contributed by atoms with van der Waals surface area (Å²) in [4.78, 5) is 21.9. The number of rotatable bonds is 3. The number of primary amides is 1. The van der Waals surface area contributed by atoms with Crippen molar-refractivity contribution in [2.24, 2.45) is 11.7 Å². The highest BCUT2D eigenvalue weighted by Crippen LogP contribution is 2.33. The number of amides is 2. The lowest BCUT2D eigenvalue weighted by Crippen LogP contribution is -2.57. The van der Waals surface area contributed by atoms with Crippen LogP contribution in [-0.4, -0.2) is 22.6 Å². The maximum Gasteiger partial charge on any atom is 0.329 e. The molecule has 0 aliphatic heterocycles. The maximum atomic E-state index is 11.1. The molecule has 0 spiro atoms. The van der Waals surface area contributed by atoms with Gasteiger partial charge in [-0.15, -0.1) is 0 Å². The second-order valence-corrected chi connectivity index (χ2v) is 4.23. The molecule has 5 nitrogen and oxygen atoms in total. The zero-order chi connectivity index (χ0) is 11.5. The predicted octanol–water partition coefficient (Wildman–Crippen LogP) is 1.08. The molecular weight excluding hydrogens is 196 g/mol. The van der Waals surface area contributed by atoms with Gasteiger partial charge in [0, 0.05) is 0 Å². The fourth-order valence-electron chi connectivity index (χ4n) is 2.21. The molecule has 4 N–H and O–H groups in total. The van der Waals surface area contributed by atoms with Crippen molar-refractivity contribution in [2.45, 2.75) is 44.6 Å². The summed E-state index contributed by atoms with van der Waals surface area (Å²) in [6, 6.07) is -0.757. The Morgan fingerprint density at radius 3 is 2.33 bits per heavy atom. The monoisotopic (exact) mass is 214 g/mol. The summed E-state index contributed by atoms with van der Waals surface area (Å²) in [6.07, 6.45) is 3.69. The fourth-order valence-corrected chi connectivity index (χ4v) is 2.21. The first-order valence-corrected chi connectivity index (χ1v) is 5.31. The number of hydrogen-bond donors (Lipinski definition) is 3. The summed E-state index contributed by atoms with van der Waals surface area (Å²) in [5.74, 6) is -0.400. The van der Waals surface area contributed by atoms with Gasteiger partial charge < -0.3 is 16.2 Å².